The first-order valence-corrected chi connectivity index (χ1v) is 11.3. The highest BCUT2D eigenvalue weighted by atomic mass is 16.2. The number of rotatable bonds is 4. The smallest absolute Gasteiger partial charge is 0.266 e. The van der Waals surface area contributed by atoms with Crippen molar-refractivity contribution >= 4 is 23.0 Å². The average molecular weight is 411 g/mol. The Hall–Kier alpha value is -3.08. The van der Waals surface area contributed by atoms with Gasteiger partial charge in [0.15, 0.2) is 0 Å². The van der Waals surface area contributed by atoms with Gasteiger partial charge in [0.1, 0.15) is 5.69 Å². The molecule has 4 aliphatic carbocycles. The number of benzene rings is 1. The molecule has 5 heteroatoms. The Kier molecular flexibility index (Phi) is 4.37. The number of pyridine rings is 2. The van der Waals surface area contributed by atoms with E-state index < -0.39 is 0 Å². The first kappa shape index (κ1) is 18.7. The number of fused-ring (bicyclic) bond motifs is 1. The van der Waals surface area contributed by atoms with Crippen LogP contribution in [0.3, 0.4) is 0 Å². The van der Waals surface area contributed by atoms with Crippen molar-refractivity contribution in [2.45, 2.75) is 43.9 Å². The zero-order valence-electron chi connectivity index (χ0n) is 17.5. The van der Waals surface area contributed by atoms with Crippen LogP contribution in [0.1, 0.15) is 60.1 Å². The predicted octanol–water partition coefficient (Wildman–Crippen LogP) is 4.86. The summed E-state index contributed by atoms with van der Waals surface area (Å²) in [7, 11) is 0. The van der Waals surface area contributed by atoms with Crippen molar-refractivity contribution in [1.29, 1.82) is 0 Å². The van der Waals surface area contributed by atoms with Crippen molar-refractivity contribution in [2.75, 3.05) is 0 Å². The molecule has 2 heterocycles. The van der Waals surface area contributed by atoms with Gasteiger partial charge in [0, 0.05) is 17.8 Å². The first-order chi connectivity index (χ1) is 15.2. The van der Waals surface area contributed by atoms with Gasteiger partial charge in [-0.15, -0.1) is 0 Å². The number of carbonyl (C=O) groups is 1. The van der Waals surface area contributed by atoms with E-state index in [0.717, 1.165) is 28.8 Å². The van der Waals surface area contributed by atoms with E-state index >= 15 is 0 Å². The fourth-order valence-corrected chi connectivity index (χ4v) is 6.84. The molecule has 2 aromatic heterocycles. The molecule has 1 aromatic carbocycles. The lowest BCUT2D eigenvalue weighted by Crippen LogP contribution is -2.48. The standard InChI is InChI=1S/C26H26N4O/c31-25(30-28-16-17-5-7-27-8-6-17)24-12-22(21-3-1-2-4-23(21)29-24)26-13-18-9-19(14-26)11-20(10-18)15-26/h1-8,12,16,18-20H,9-11,13-15H2,(H,30,31)/b28-16+. The lowest BCUT2D eigenvalue weighted by atomic mass is 9.48. The number of aromatic nitrogens is 2. The van der Waals surface area contributed by atoms with Gasteiger partial charge in [-0.05, 0) is 97.1 Å². The van der Waals surface area contributed by atoms with Crippen molar-refractivity contribution in [2.24, 2.45) is 22.9 Å². The van der Waals surface area contributed by atoms with Gasteiger partial charge in [0.25, 0.3) is 5.91 Å². The fraction of sp³-hybridized carbons (Fsp3) is 0.385. The monoisotopic (exact) mass is 410 g/mol. The number of carbonyl (C=O) groups excluding carboxylic acids is 1. The second-order valence-corrected chi connectivity index (χ2v) is 9.75. The highest BCUT2D eigenvalue weighted by molar-refractivity contribution is 5.96. The van der Waals surface area contributed by atoms with Gasteiger partial charge in [-0.25, -0.2) is 10.4 Å². The zero-order valence-corrected chi connectivity index (χ0v) is 17.5. The van der Waals surface area contributed by atoms with Gasteiger partial charge in [-0.2, -0.15) is 5.10 Å². The van der Waals surface area contributed by atoms with Crippen LogP contribution in [0.4, 0.5) is 0 Å². The molecule has 5 nitrogen and oxygen atoms in total. The molecule has 156 valence electrons. The Balaban J connectivity index is 1.36. The Bertz CT molecular complexity index is 1140. The second kappa shape index (κ2) is 7.26. The van der Waals surface area contributed by atoms with Crippen LogP contribution in [0.25, 0.3) is 10.9 Å². The normalized spacial score (nSPS) is 29.0. The number of nitrogens with one attached hydrogen (secondary N) is 1. The van der Waals surface area contributed by atoms with Crippen molar-refractivity contribution in [3.05, 3.63) is 71.7 Å². The minimum absolute atomic E-state index is 0.201. The quantitative estimate of drug-likeness (QED) is 0.493. The highest BCUT2D eigenvalue weighted by Crippen LogP contribution is 2.61. The van der Waals surface area contributed by atoms with Gasteiger partial charge in [0.2, 0.25) is 0 Å². The molecule has 0 radical (unpaired) electrons. The fourth-order valence-electron chi connectivity index (χ4n) is 6.84. The average Bonchev–Trinajstić information content (AvgIpc) is 2.78. The second-order valence-electron chi connectivity index (χ2n) is 9.75. The van der Waals surface area contributed by atoms with Gasteiger partial charge in [0.05, 0.1) is 11.7 Å². The molecule has 1 amide bonds. The summed E-state index contributed by atoms with van der Waals surface area (Å²) in [4.78, 5) is 21.6. The zero-order chi connectivity index (χ0) is 20.8. The third-order valence-electron chi connectivity index (χ3n) is 7.64. The third-order valence-corrected chi connectivity index (χ3v) is 7.64. The van der Waals surface area contributed by atoms with Crippen molar-refractivity contribution in [3.63, 3.8) is 0 Å². The number of hydrazone groups is 1. The maximum absolute atomic E-state index is 13.0. The number of nitrogens with zero attached hydrogens (tertiary/aromatic N) is 3. The van der Waals surface area contributed by atoms with E-state index in [1.54, 1.807) is 18.6 Å². The molecule has 4 saturated carbocycles. The minimum Gasteiger partial charge on any atom is -0.266 e. The van der Waals surface area contributed by atoms with Crippen molar-refractivity contribution < 1.29 is 4.79 Å². The maximum atomic E-state index is 13.0. The van der Waals surface area contributed by atoms with Crippen LogP contribution < -0.4 is 5.43 Å². The Morgan fingerprint density at radius 3 is 2.39 bits per heavy atom. The summed E-state index contributed by atoms with van der Waals surface area (Å²) in [6, 6.07) is 14.0. The molecule has 0 aliphatic heterocycles. The Morgan fingerprint density at radius 2 is 1.68 bits per heavy atom. The largest absolute Gasteiger partial charge is 0.289 e. The summed E-state index contributed by atoms with van der Waals surface area (Å²) in [5.74, 6) is 2.28. The van der Waals surface area contributed by atoms with Crippen LogP contribution in [0, 0.1) is 17.8 Å². The summed E-state index contributed by atoms with van der Waals surface area (Å²) in [5, 5.41) is 5.34. The number of hydrogen-bond acceptors (Lipinski definition) is 4. The minimum atomic E-state index is -0.262. The lowest BCUT2D eigenvalue weighted by Gasteiger charge is -2.57. The van der Waals surface area contributed by atoms with Gasteiger partial charge in [-0.3, -0.25) is 9.78 Å². The number of para-hydroxylation sites is 1. The number of amides is 1. The lowest BCUT2D eigenvalue weighted by molar-refractivity contribution is -0.00453. The van der Waals surface area contributed by atoms with E-state index in [1.807, 2.05) is 24.3 Å². The van der Waals surface area contributed by atoms with Gasteiger partial charge >= 0.3 is 0 Å². The van der Waals surface area contributed by atoms with Crippen molar-refractivity contribution in [3.8, 4) is 0 Å². The summed E-state index contributed by atoms with van der Waals surface area (Å²) in [5.41, 5.74) is 6.44. The summed E-state index contributed by atoms with van der Waals surface area (Å²) in [6.07, 6.45) is 13.0. The Labute approximate surface area is 182 Å². The van der Waals surface area contributed by atoms with E-state index in [9.17, 15) is 4.79 Å². The third kappa shape index (κ3) is 3.32. The molecule has 31 heavy (non-hydrogen) atoms. The summed E-state index contributed by atoms with van der Waals surface area (Å²) >= 11 is 0. The van der Waals surface area contributed by atoms with E-state index in [0.29, 0.717) is 5.69 Å². The van der Waals surface area contributed by atoms with Gasteiger partial charge in [-0.1, -0.05) is 18.2 Å². The maximum Gasteiger partial charge on any atom is 0.289 e. The SMILES string of the molecule is O=C(N/N=C/c1ccncc1)c1cc(C23CC4CC(CC(C4)C2)C3)c2ccccc2n1. The van der Waals surface area contributed by atoms with Crippen LogP contribution in [0.5, 0.6) is 0 Å². The topological polar surface area (TPSA) is 67.2 Å². The molecular weight excluding hydrogens is 384 g/mol. The molecule has 0 unspecified atom stereocenters. The van der Waals surface area contributed by atoms with E-state index in [1.165, 1.54) is 49.5 Å². The molecule has 0 saturated heterocycles. The predicted molar refractivity (Wildman–Crippen MR) is 121 cm³/mol. The molecule has 0 atom stereocenters. The molecule has 4 bridgehead atoms. The van der Waals surface area contributed by atoms with Gasteiger partial charge < -0.3 is 0 Å². The molecular formula is C26H26N4O. The van der Waals surface area contributed by atoms with Crippen molar-refractivity contribution in [1.82, 2.24) is 15.4 Å². The molecule has 4 aliphatic rings. The van der Waals surface area contributed by atoms with E-state index in [-0.39, 0.29) is 11.3 Å². The first-order valence-electron chi connectivity index (χ1n) is 11.3. The van der Waals surface area contributed by atoms with Crippen LogP contribution in [-0.4, -0.2) is 22.1 Å². The highest BCUT2D eigenvalue weighted by Gasteiger charge is 2.52. The van der Waals surface area contributed by atoms with Crippen LogP contribution >= 0.6 is 0 Å². The summed E-state index contributed by atoms with van der Waals surface area (Å²) in [6.45, 7) is 0. The van der Waals surface area contributed by atoms with Crippen LogP contribution in [0.15, 0.2) is 60.0 Å². The molecule has 7 rings (SSSR count). The molecule has 3 aromatic rings. The molecule has 1 N–H and O–H groups in total. The number of hydrogen-bond donors (Lipinski definition) is 1. The van der Waals surface area contributed by atoms with E-state index in [2.05, 4.69) is 33.7 Å². The van der Waals surface area contributed by atoms with E-state index in [4.69, 9.17) is 4.98 Å². The Morgan fingerprint density at radius 1 is 1.00 bits per heavy atom. The molecule has 0 spiro atoms. The van der Waals surface area contributed by atoms with Crippen LogP contribution in [0.2, 0.25) is 0 Å². The summed E-state index contributed by atoms with van der Waals surface area (Å²) < 4.78 is 0. The molecule has 4 fully saturated rings. The van der Waals surface area contributed by atoms with Crippen LogP contribution in [-0.2, 0) is 5.41 Å².